The number of hydrogen-bond acceptors (Lipinski definition) is 4. The third-order valence-corrected chi connectivity index (χ3v) is 6.30. The summed E-state index contributed by atoms with van der Waals surface area (Å²) in [5.41, 5.74) is 4.44. The van der Waals surface area contributed by atoms with Gasteiger partial charge in [0.2, 0.25) is 0 Å². The lowest BCUT2D eigenvalue weighted by Crippen LogP contribution is -2.20. The second kappa shape index (κ2) is 11.9. The van der Waals surface area contributed by atoms with Crippen molar-refractivity contribution >= 4 is 23.4 Å². The van der Waals surface area contributed by atoms with Crippen molar-refractivity contribution < 1.29 is 24.2 Å². The van der Waals surface area contributed by atoms with E-state index >= 15 is 0 Å². The average Bonchev–Trinajstić information content (AvgIpc) is 2.91. The molecular weight excluding hydrogens is 504 g/mol. The first-order chi connectivity index (χ1) is 19.0. The lowest BCUT2D eigenvalue weighted by atomic mass is 9.86. The molecule has 0 aromatic heterocycles. The van der Waals surface area contributed by atoms with Gasteiger partial charge >= 0.3 is 12.0 Å². The maximum Gasteiger partial charge on any atom is 0.339 e. The Balaban J connectivity index is 1.73. The Labute approximate surface area is 234 Å². The number of urea groups is 1. The summed E-state index contributed by atoms with van der Waals surface area (Å²) in [5.74, 6) is 0.344. The summed E-state index contributed by atoms with van der Waals surface area (Å²) in [6.45, 7) is 10.5. The number of anilines is 2. The van der Waals surface area contributed by atoms with Crippen molar-refractivity contribution in [2.75, 3.05) is 17.2 Å². The van der Waals surface area contributed by atoms with Gasteiger partial charge in [0, 0.05) is 11.3 Å². The highest BCUT2D eigenvalue weighted by molar-refractivity contribution is 6.01. The normalized spacial score (nSPS) is 11.0. The van der Waals surface area contributed by atoms with Gasteiger partial charge in [0.15, 0.2) is 5.75 Å². The summed E-state index contributed by atoms with van der Waals surface area (Å²) in [6, 6.07) is 25.2. The highest BCUT2D eigenvalue weighted by Crippen LogP contribution is 2.39. The van der Waals surface area contributed by atoms with Crippen LogP contribution in [0.3, 0.4) is 0 Å². The molecule has 0 radical (unpaired) electrons. The Hall–Kier alpha value is -4.78. The van der Waals surface area contributed by atoms with E-state index in [-0.39, 0.29) is 11.0 Å². The maximum atomic E-state index is 13.0. The summed E-state index contributed by atoms with van der Waals surface area (Å²) in [7, 11) is 0. The number of nitrogens with one attached hydrogen (secondary N) is 2. The molecule has 0 bridgehead atoms. The largest absolute Gasteiger partial charge is 0.493 e. The van der Waals surface area contributed by atoms with Crippen LogP contribution in [0, 0.1) is 6.92 Å². The van der Waals surface area contributed by atoms with Crippen LogP contribution in [0.25, 0.3) is 11.1 Å². The number of aryl methyl sites for hydroxylation is 1. The van der Waals surface area contributed by atoms with E-state index < -0.39 is 12.0 Å². The highest BCUT2D eigenvalue weighted by atomic mass is 16.5. The van der Waals surface area contributed by atoms with Crippen molar-refractivity contribution in [3.8, 4) is 28.4 Å². The van der Waals surface area contributed by atoms with Crippen LogP contribution < -0.4 is 20.1 Å². The molecule has 4 rings (SSSR count). The summed E-state index contributed by atoms with van der Waals surface area (Å²) >= 11 is 0. The number of rotatable bonds is 8. The van der Waals surface area contributed by atoms with E-state index in [0.29, 0.717) is 46.4 Å². The van der Waals surface area contributed by atoms with Gasteiger partial charge < -0.3 is 25.2 Å². The van der Waals surface area contributed by atoms with Crippen molar-refractivity contribution in [1.82, 2.24) is 0 Å². The Morgan fingerprint density at radius 3 is 2.10 bits per heavy atom. The predicted molar refractivity (Wildman–Crippen MR) is 159 cm³/mol. The fourth-order valence-electron chi connectivity index (χ4n) is 4.27. The van der Waals surface area contributed by atoms with E-state index in [2.05, 4.69) is 31.4 Å². The minimum atomic E-state index is -1.08. The van der Waals surface area contributed by atoms with Gasteiger partial charge in [0.1, 0.15) is 17.1 Å². The van der Waals surface area contributed by atoms with Gasteiger partial charge in [0.25, 0.3) is 0 Å². The van der Waals surface area contributed by atoms with Crippen LogP contribution in [0.4, 0.5) is 16.2 Å². The van der Waals surface area contributed by atoms with Gasteiger partial charge in [-0.05, 0) is 72.9 Å². The SMILES string of the molecule is CCOc1ccc(-c2ccc(Oc3ccccc3C(C)(C)C)c(NC(=O)Nc3ccc(C)cc3)c2)cc1C(=O)O. The number of carbonyl (C=O) groups excluding carboxylic acids is 1. The molecule has 0 unspecified atom stereocenters. The fraction of sp³-hybridized carbons (Fsp3) is 0.212. The molecule has 4 aromatic carbocycles. The van der Waals surface area contributed by atoms with Crippen LogP contribution in [-0.2, 0) is 5.41 Å². The maximum absolute atomic E-state index is 13.0. The van der Waals surface area contributed by atoms with Gasteiger partial charge in [-0.1, -0.05) is 68.8 Å². The predicted octanol–water partition coefficient (Wildman–Crippen LogP) is 8.49. The first-order valence-corrected chi connectivity index (χ1v) is 13.1. The van der Waals surface area contributed by atoms with Crippen molar-refractivity contribution in [3.05, 3.63) is 102 Å². The fourth-order valence-corrected chi connectivity index (χ4v) is 4.27. The van der Waals surface area contributed by atoms with Crippen LogP contribution >= 0.6 is 0 Å². The van der Waals surface area contributed by atoms with E-state index in [1.807, 2.05) is 61.5 Å². The standard InChI is InChI=1S/C33H34N2O5/c1-6-39-28-17-13-22(19-25(28)31(36)37)23-14-18-30(40-29-10-8-7-9-26(29)33(3,4)5)27(20-23)35-32(38)34-24-15-11-21(2)12-16-24/h7-20H,6H2,1-5H3,(H,36,37)(H2,34,35,38). The Morgan fingerprint density at radius 1 is 0.800 bits per heavy atom. The van der Waals surface area contributed by atoms with Gasteiger partial charge in [0.05, 0.1) is 12.3 Å². The summed E-state index contributed by atoms with van der Waals surface area (Å²) in [4.78, 5) is 24.9. The molecule has 0 heterocycles. The molecule has 2 amide bonds. The van der Waals surface area contributed by atoms with Crippen LogP contribution in [0.5, 0.6) is 17.2 Å². The smallest absolute Gasteiger partial charge is 0.339 e. The third kappa shape index (κ3) is 6.80. The zero-order valence-corrected chi connectivity index (χ0v) is 23.4. The van der Waals surface area contributed by atoms with E-state index in [0.717, 1.165) is 11.1 Å². The number of carboxylic acid groups (broad SMARTS) is 1. The van der Waals surface area contributed by atoms with Crippen LogP contribution in [-0.4, -0.2) is 23.7 Å². The van der Waals surface area contributed by atoms with Crippen molar-refractivity contribution in [3.63, 3.8) is 0 Å². The van der Waals surface area contributed by atoms with Gasteiger partial charge in [-0.25, -0.2) is 9.59 Å². The lowest BCUT2D eigenvalue weighted by molar-refractivity contribution is 0.0692. The second-order valence-electron chi connectivity index (χ2n) is 10.5. The molecular formula is C33H34N2O5. The molecule has 0 saturated carbocycles. The number of amides is 2. The minimum absolute atomic E-state index is 0.0606. The summed E-state index contributed by atoms with van der Waals surface area (Å²) in [5, 5.41) is 15.5. The summed E-state index contributed by atoms with van der Waals surface area (Å²) in [6.07, 6.45) is 0. The van der Waals surface area contributed by atoms with Crippen molar-refractivity contribution in [2.45, 2.75) is 40.0 Å². The second-order valence-corrected chi connectivity index (χ2v) is 10.5. The molecule has 0 spiro atoms. The molecule has 0 aliphatic heterocycles. The minimum Gasteiger partial charge on any atom is -0.493 e. The molecule has 0 atom stereocenters. The first kappa shape index (κ1) is 28.2. The molecule has 3 N–H and O–H groups in total. The molecule has 7 nitrogen and oxygen atoms in total. The quantitative estimate of drug-likeness (QED) is 0.209. The number of carbonyl (C=O) groups is 2. The van der Waals surface area contributed by atoms with Crippen LogP contribution in [0.1, 0.15) is 49.2 Å². The number of hydrogen-bond donors (Lipinski definition) is 3. The summed E-state index contributed by atoms with van der Waals surface area (Å²) < 4.78 is 11.9. The van der Waals surface area contributed by atoms with Crippen LogP contribution in [0.15, 0.2) is 84.9 Å². The zero-order chi connectivity index (χ0) is 28.9. The monoisotopic (exact) mass is 538 g/mol. The third-order valence-electron chi connectivity index (χ3n) is 6.30. The van der Waals surface area contributed by atoms with Crippen molar-refractivity contribution in [2.24, 2.45) is 0 Å². The van der Waals surface area contributed by atoms with E-state index in [4.69, 9.17) is 9.47 Å². The topological polar surface area (TPSA) is 96.9 Å². The molecule has 206 valence electrons. The average molecular weight is 539 g/mol. The number of benzene rings is 4. The number of aromatic carboxylic acids is 1. The zero-order valence-electron chi connectivity index (χ0n) is 23.4. The van der Waals surface area contributed by atoms with Gasteiger partial charge in [-0.3, -0.25) is 0 Å². The van der Waals surface area contributed by atoms with Crippen LogP contribution in [0.2, 0.25) is 0 Å². The molecule has 40 heavy (non-hydrogen) atoms. The molecule has 0 fully saturated rings. The molecule has 7 heteroatoms. The number of para-hydroxylation sites is 1. The number of ether oxygens (including phenoxy) is 2. The molecule has 0 saturated heterocycles. The first-order valence-electron chi connectivity index (χ1n) is 13.1. The van der Waals surface area contributed by atoms with Gasteiger partial charge in [-0.15, -0.1) is 0 Å². The lowest BCUT2D eigenvalue weighted by Gasteiger charge is -2.23. The Morgan fingerprint density at radius 2 is 1.45 bits per heavy atom. The number of carboxylic acids is 1. The molecule has 0 aliphatic rings. The Kier molecular flexibility index (Phi) is 8.43. The van der Waals surface area contributed by atoms with E-state index in [1.54, 1.807) is 37.3 Å². The Bertz CT molecular complexity index is 1520. The van der Waals surface area contributed by atoms with E-state index in [9.17, 15) is 14.7 Å². The van der Waals surface area contributed by atoms with Crippen molar-refractivity contribution in [1.29, 1.82) is 0 Å². The van der Waals surface area contributed by atoms with Gasteiger partial charge in [-0.2, -0.15) is 0 Å². The van der Waals surface area contributed by atoms with E-state index in [1.165, 1.54) is 0 Å². The highest BCUT2D eigenvalue weighted by Gasteiger charge is 2.21. The molecule has 4 aromatic rings. The molecule has 0 aliphatic carbocycles.